The topological polar surface area (TPSA) is 55.9 Å². The molecule has 1 heterocycles. The van der Waals surface area contributed by atoms with Crippen molar-refractivity contribution in [3.8, 4) is 0 Å². The molecule has 2 rings (SSSR count). The number of likely N-dealkylation sites (N-methyl/N-ethyl adjacent to an activating group) is 1. The van der Waals surface area contributed by atoms with Gasteiger partial charge in [-0.2, -0.15) is 0 Å². The second-order valence-corrected chi connectivity index (χ2v) is 4.02. The van der Waals surface area contributed by atoms with Crippen LogP contribution in [0, 0.1) is 0 Å². The lowest BCUT2D eigenvalue weighted by Crippen LogP contribution is -2.16. The van der Waals surface area contributed by atoms with E-state index in [0.29, 0.717) is 0 Å². The average molecular weight is 230 g/mol. The average Bonchev–Trinajstić information content (AvgIpc) is 2.77. The molecular formula is C13H18N4. The number of para-hydroxylation sites is 1. The molecule has 17 heavy (non-hydrogen) atoms. The van der Waals surface area contributed by atoms with Gasteiger partial charge in [-0.1, -0.05) is 18.2 Å². The van der Waals surface area contributed by atoms with Crippen LogP contribution in [0.15, 0.2) is 36.7 Å². The first-order valence-corrected chi connectivity index (χ1v) is 5.79. The first-order chi connectivity index (χ1) is 8.31. The monoisotopic (exact) mass is 230 g/mol. The number of hydrogen-bond donors (Lipinski definition) is 2. The van der Waals surface area contributed by atoms with Gasteiger partial charge in [0.15, 0.2) is 0 Å². The predicted octanol–water partition coefficient (Wildman–Crippen LogP) is 1.28. The summed E-state index contributed by atoms with van der Waals surface area (Å²) in [7, 11) is 1.95. The molecule has 0 radical (unpaired) electrons. The van der Waals surface area contributed by atoms with E-state index in [0.717, 1.165) is 36.6 Å². The third kappa shape index (κ3) is 2.85. The summed E-state index contributed by atoms with van der Waals surface area (Å²) < 4.78 is 2.16. The lowest BCUT2D eigenvalue weighted by molar-refractivity contribution is 0.621. The molecule has 0 saturated carbocycles. The number of imidazole rings is 1. The number of aromatic nitrogens is 2. The van der Waals surface area contributed by atoms with Gasteiger partial charge in [-0.25, -0.2) is 4.98 Å². The van der Waals surface area contributed by atoms with Crippen LogP contribution in [0.4, 0.5) is 5.69 Å². The van der Waals surface area contributed by atoms with Gasteiger partial charge in [0, 0.05) is 37.6 Å². The smallest absolute Gasteiger partial charge is 0.113 e. The van der Waals surface area contributed by atoms with Crippen molar-refractivity contribution >= 4 is 5.69 Å². The predicted molar refractivity (Wildman–Crippen MR) is 69.8 cm³/mol. The highest BCUT2D eigenvalue weighted by Crippen LogP contribution is 2.14. The van der Waals surface area contributed by atoms with Gasteiger partial charge < -0.3 is 15.6 Å². The Hall–Kier alpha value is -1.81. The molecule has 0 aliphatic rings. The summed E-state index contributed by atoms with van der Waals surface area (Å²) in [5.41, 5.74) is 7.90. The van der Waals surface area contributed by atoms with Crippen molar-refractivity contribution in [1.82, 2.24) is 14.9 Å². The Labute approximate surface area is 101 Å². The Morgan fingerprint density at radius 3 is 2.94 bits per heavy atom. The zero-order valence-electron chi connectivity index (χ0n) is 10.1. The number of nitrogen functional groups attached to an aromatic ring is 1. The maximum atomic E-state index is 5.94. The molecular weight excluding hydrogens is 212 g/mol. The van der Waals surface area contributed by atoms with E-state index in [9.17, 15) is 0 Å². The fourth-order valence-corrected chi connectivity index (χ4v) is 1.81. The molecule has 4 nitrogen and oxygen atoms in total. The minimum absolute atomic E-state index is 0.781. The Morgan fingerprint density at radius 1 is 1.35 bits per heavy atom. The van der Waals surface area contributed by atoms with Crippen LogP contribution in [0.25, 0.3) is 0 Å². The molecule has 1 aromatic heterocycles. The van der Waals surface area contributed by atoms with E-state index in [4.69, 9.17) is 5.73 Å². The highest BCUT2D eigenvalue weighted by atomic mass is 15.1. The third-order valence-corrected chi connectivity index (χ3v) is 2.81. The summed E-state index contributed by atoms with van der Waals surface area (Å²) in [6.07, 6.45) is 4.62. The SMILES string of the molecule is CNCCn1ccnc1Cc1ccccc1N. The van der Waals surface area contributed by atoms with Crippen LogP contribution < -0.4 is 11.1 Å². The maximum Gasteiger partial charge on any atom is 0.113 e. The second kappa shape index (κ2) is 5.50. The van der Waals surface area contributed by atoms with Gasteiger partial charge >= 0.3 is 0 Å². The maximum absolute atomic E-state index is 5.94. The van der Waals surface area contributed by atoms with Gasteiger partial charge in [0.2, 0.25) is 0 Å². The molecule has 4 heteroatoms. The molecule has 0 aliphatic carbocycles. The molecule has 0 unspecified atom stereocenters. The van der Waals surface area contributed by atoms with Crippen molar-refractivity contribution in [2.45, 2.75) is 13.0 Å². The Kier molecular flexibility index (Phi) is 3.77. The Balaban J connectivity index is 2.13. The Morgan fingerprint density at radius 2 is 2.18 bits per heavy atom. The molecule has 0 bridgehead atoms. The lowest BCUT2D eigenvalue weighted by Gasteiger charge is -2.08. The molecule has 0 fully saturated rings. The number of nitrogens with one attached hydrogen (secondary N) is 1. The quantitative estimate of drug-likeness (QED) is 0.761. The zero-order valence-corrected chi connectivity index (χ0v) is 10.1. The fourth-order valence-electron chi connectivity index (χ4n) is 1.81. The number of hydrogen-bond acceptors (Lipinski definition) is 3. The standard InChI is InChI=1S/C13H18N4/c1-15-6-8-17-9-7-16-13(17)10-11-4-2-3-5-12(11)14/h2-5,7,9,15H,6,8,10,14H2,1H3. The van der Waals surface area contributed by atoms with Crippen molar-refractivity contribution in [1.29, 1.82) is 0 Å². The van der Waals surface area contributed by atoms with E-state index in [2.05, 4.69) is 14.9 Å². The summed E-state index contributed by atoms with van der Waals surface area (Å²) in [6, 6.07) is 7.93. The van der Waals surface area contributed by atoms with Gasteiger partial charge in [0.25, 0.3) is 0 Å². The van der Waals surface area contributed by atoms with Crippen LogP contribution >= 0.6 is 0 Å². The first-order valence-electron chi connectivity index (χ1n) is 5.79. The van der Waals surface area contributed by atoms with Crippen LogP contribution in [-0.2, 0) is 13.0 Å². The first kappa shape index (κ1) is 11.7. The Bertz CT molecular complexity index is 476. The van der Waals surface area contributed by atoms with Crippen LogP contribution in [-0.4, -0.2) is 23.1 Å². The molecule has 90 valence electrons. The summed E-state index contributed by atoms with van der Waals surface area (Å²) in [5.74, 6) is 1.05. The molecule has 0 atom stereocenters. The summed E-state index contributed by atoms with van der Waals surface area (Å²) >= 11 is 0. The van der Waals surface area contributed by atoms with E-state index >= 15 is 0 Å². The van der Waals surface area contributed by atoms with Crippen LogP contribution in [0.3, 0.4) is 0 Å². The van der Waals surface area contributed by atoms with Crippen molar-refractivity contribution < 1.29 is 0 Å². The minimum Gasteiger partial charge on any atom is -0.398 e. The number of anilines is 1. The lowest BCUT2D eigenvalue weighted by atomic mass is 10.1. The number of nitrogens with two attached hydrogens (primary N) is 1. The van der Waals surface area contributed by atoms with Crippen LogP contribution in [0.5, 0.6) is 0 Å². The second-order valence-electron chi connectivity index (χ2n) is 4.02. The molecule has 0 aliphatic heterocycles. The summed E-state index contributed by atoms with van der Waals surface area (Å²) in [5, 5.41) is 3.14. The molecule has 2 aromatic rings. The van der Waals surface area contributed by atoms with Crippen LogP contribution in [0.2, 0.25) is 0 Å². The van der Waals surface area contributed by atoms with Gasteiger partial charge in [0.05, 0.1) is 0 Å². The fraction of sp³-hybridized carbons (Fsp3) is 0.308. The van der Waals surface area contributed by atoms with Crippen molar-refractivity contribution in [3.63, 3.8) is 0 Å². The van der Waals surface area contributed by atoms with E-state index < -0.39 is 0 Å². The largest absolute Gasteiger partial charge is 0.398 e. The van der Waals surface area contributed by atoms with Gasteiger partial charge in [-0.3, -0.25) is 0 Å². The van der Waals surface area contributed by atoms with E-state index in [1.807, 2.05) is 43.7 Å². The van der Waals surface area contributed by atoms with Crippen molar-refractivity contribution in [2.24, 2.45) is 0 Å². The van der Waals surface area contributed by atoms with E-state index in [1.54, 1.807) is 0 Å². The van der Waals surface area contributed by atoms with E-state index in [-0.39, 0.29) is 0 Å². The highest BCUT2D eigenvalue weighted by Gasteiger charge is 2.05. The molecule has 0 saturated heterocycles. The molecule has 0 spiro atoms. The molecule has 0 amide bonds. The van der Waals surface area contributed by atoms with Gasteiger partial charge in [0.1, 0.15) is 5.82 Å². The van der Waals surface area contributed by atoms with Gasteiger partial charge in [-0.05, 0) is 18.7 Å². The third-order valence-electron chi connectivity index (χ3n) is 2.81. The number of benzene rings is 1. The molecule has 1 aromatic carbocycles. The number of nitrogens with zero attached hydrogens (tertiary/aromatic N) is 2. The van der Waals surface area contributed by atoms with Crippen LogP contribution in [0.1, 0.15) is 11.4 Å². The highest BCUT2D eigenvalue weighted by molar-refractivity contribution is 5.47. The van der Waals surface area contributed by atoms with Crippen molar-refractivity contribution in [3.05, 3.63) is 48.0 Å². The minimum atomic E-state index is 0.781. The van der Waals surface area contributed by atoms with Crippen molar-refractivity contribution in [2.75, 3.05) is 19.3 Å². The summed E-state index contributed by atoms with van der Waals surface area (Å²) in [4.78, 5) is 4.39. The normalized spacial score (nSPS) is 10.6. The van der Waals surface area contributed by atoms with E-state index in [1.165, 1.54) is 0 Å². The number of rotatable bonds is 5. The summed E-state index contributed by atoms with van der Waals surface area (Å²) in [6.45, 7) is 1.87. The van der Waals surface area contributed by atoms with Gasteiger partial charge in [-0.15, -0.1) is 0 Å². The molecule has 3 N–H and O–H groups in total. The zero-order chi connectivity index (χ0) is 12.1.